The second-order valence-corrected chi connectivity index (χ2v) is 6.58. The number of hydrazine groups is 1. The number of hydrogen-bond acceptors (Lipinski definition) is 5. The average molecular weight is 410 g/mol. The SMILES string of the molecule is CCOc1ccc(O[C@@H](C)C(=O)NNC(=O)CSc2cc(F)ccc2F)cc1. The van der Waals surface area contributed by atoms with Crippen molar-refractivity contribution in [2.45, 2.75) is 24.8 Å². The topological polar surface area (TPSA) is 76.7 Å². The molecule has 0 bridgehead atoms. The fourth-order valence-electron chi connectivity index (χ4n) is 2.04. The summed E-state index contributed by atoms with van der Waals surface area (Å²) in [7, 11) is 0. The number of thioether (sulfide) groups is 1. The minimum absolute atomic E-state index is 0.00803. The predicted molar refractivity (Wildman–Crippen MR) is 101 cm³/mol. The van der Waals surface area contributed by atoms with Gasteiger partial charge in [-0.15, -0.1) is 11.8 Å². The van der Waals surface area contributed by atoms with Gasteiger partial charge in [-0.1, -0.05) is 0 Å². The van der Waals surface area contributed by atoms with Gasteiger partial charge in [-0.3, -0.25) is 20.4 Å². The Morgan fingerprint density at radius 2 is 1.75 bits per heavy atom. The normalized spacial score (nSPS) is 11.4. The van der Waals surface area contributed by atoms with Crippen molar-refractivity contribution in [3.05, 3.63) is 54.1 Å². The molecule has 2 aromatic rings. The molecule has 0 saturated heterocycles. The molecule has 2 amide bonds. The summed E-state index contributed by atoms with van der Waals surface area (Å²) in [4.78, 5) is 23.8. The first-order valence-corrected chi connectivity index (χ1v) is 9.43. The van der Waals surface area contributed by atoms with Crippen LogP contribution in [0.4, 0.5) is 8.78 Å². The second kappa shape index (κ2) is 10.5. The Kier molecular flexibility index (Phi) is 8.06. The molecule has 0 heterocycles. The third kappa shape index (κ3) is 6.73. The Balaban J connectivity index is 1.75. The molecule has 150 valence electrons. The minimum atomic E-state index is -0.869. The predicted octanol–water partition coefficient (Wildman–Crippen LogP) is 3.07. The standard InChI is InChI=1S/C19H20F2N2O4S/c1-3-26-14-5-7-15(8-6-14)27-12(2)19(25)23-22-18(24)11-28-17-10-13(20)4-9-16(17)21/h4-10,12H,3,11H2,1-2H3,(H,22,24)(H,23,25)/t12-/m0/s1. The lowest BCUT2D eigenvalue weighted by molar-refractivity contribution is -0.131. The molecular weight excluding hydrogens is 390 g/mol. The van der Waals surface area contributed by atoms with Crippen molar-refractivity contribution in [2.75, 3.05) is 12.4 Å². The number of halogens is 2. The van der Waals surface area contributed by atoms with Crippen LogP contribution in [-0.2, 0) is 9.59 Å². The summed E-state index contributed by atoms with van der Waals surface area (Å²) in [5.74, 6) is -1.41. The summed E-state index contributed by atoms with van der Waals surface area (Å²) in [5.41, 5.74) is 4.43. The van der Waals surface area contributed by atoms with E-state index in [1.165, 1.54) is 6.92 Å². The Hall–Kier alpha value is -2.81. The van der Waals surface area contributed by atoms with Crippen molar-refractivity contribution in [3.63, 3.8) is 0 Å². The molecule has 0 aliphatic carbocycles. The fraction of sp³-hybridized carbons (Fsp3) is 0.263. The van der Waals surface area contributed by atoms with Crippen molar-refractivity contribution in [2.24, 2.45) is 0 Å². The first-order valence-electron chi connectivity index (χ1n) is 8.45. The Morgan fingerprint density at radius 3 is 2.43 bits per heavy atom. The summed E-state index contributed by atoms with van der Waals surface area (Å²) in [6.07, 6.45) is -0.869. The summed E-state index contributed by atoms with van der Waals surface area (Å²) >= 11 is 0.816. The molecule has 1 atom stereocenters. The van der Waals surface area contributed by atoms with Crippen molar-refractivity contribution in [1.29, 1.82) is 0 Å². The molecule has 6 nitrogen and oxygen atoms in total. The molecule has 2 rings (SSSR count). The molecule has 0 fully saturated rings. The molecule has 0 aliphatic heterocycles. The number of carbonyl (C=O) groups excluding carboxylic acids is 2. The van der Waals surface area contributed by atoms with Crippen LogP contribution in [0.1, 0.15) is 13.8 Å². The van der Waals surface area contributed by atoms with E-state index in [1.54, 1.807) is 24.3 Å². The van der Waals surface area contributed by atoms with Gasteiger partial charge in [-0.2, -0.15) is 0 Å². The van der Waals surface area contributed by atoms with E-state index >= 15 is 0 Å². The molecule has 0 unspecified atom stereocenters. The Labute approximate surface area is 165 Å². The summed E-state index contributed by atoms with van der Waals surface area (Å²) in [6.45, 7) is 3.94. The van der Waals surface area contributed by atoms with Gasteiger partial charge in [-0.05, 0) is 56.3 Å². The van der Waals surface area contributed by atoms with Crippen LogP contribution < -0.4 is 20.3 Å². The van der Waals surface area contributed by atoms with Gasteiger partial charge in [0.15, 0.2) is 6.10 Å². The Bertz CT molecular complexity index is 818. The number of nitrogens with one attached hydrogen (secondary N) is 2. The molecule has 0 saturated carbocycles. The number of hydrogen-bond donors (Lipinski definition) is 2. The lowest BCUT2D eigenvalue weighted by Gasteiger charge is -2.15. The van der Waals surface area contributed by atoms with E-state index in [2.05, 4.69) is 10.9 Å². The van der Waals surface area contributed by atoms with Gasteiger partial charge in [-0.25, -0.2) is 8.78 Å². The zero-order chi connectivity index (χ0) is 20.5. The van der Waals surface area contributed by atoms with Crippen LogP contribution in [0.25, 0.3) is 0 Å². The third-order valence-electron chi connectivity index (χ3n) is 3.39. The van der Waals surface area contributed by atoms with Gasteiger partial charge in [0.25, 0.3) is 5.91 Å². The fourth-order valence-corrected chi connectivity index (χ4v) is 2.80. The number of amides is 2. The summed E-state index contributed by atoms with van der Waals surface area (Å²) in [5, 5.41) is 0. The molecule has 28 heavy (non-hydrogen) atoms. The van der Waals surface area contributed by atoms with Crippen LogP contribution in [0.2, 0.25) is 0 Å². The van der Waals surface area contributed by atoms with E-state index < -0.39 is 29.6 Å². The van der Waals surface area contributed by atoms with E-state index in [-0.39, 0.29) is 10.6 Å². The molecular formula is C19H20F2N2O4S. The van der Waals surface area contributed by atoms with Crippen LogP contribution in [0.15, 0.2) is 47.4 Å². The van der Waals surface area contributed by atoms with Crippen LogP contribution >= 0.6 is 11.8 Å². The van der Waals surface area contributed by atoms with Crippen molar-refractivity contribution in [3.8, 4) is 11.5 Å². The maximum absolute atomic E-state index is 13.5. The zero-order valence-electron chi connectivity index (χ0n) is 15.3. The van der Waals surface area contributed by atoms with Crippen LogP contribution in [0, 0.1) is 11.6 Å². The van der Waals surface area contributed by atoms with E-state index in [1.807, 2.05) is 6.92 Å². The van der Waals surface area contributed by atoms with E-state index in [0.29, 0.717) is 18.1 Å². The van der Waals surface area contributed by atoms with Crippen LogP contribution in [0.5, 0.6) is 11.5 Å². The van der Waals surface area contributed by atoms with Gasteiger partial charge in [0.2, 0.25) is 5.91 Å². The molecule has 0 aromatic heterocycles. The molecule has 9 heteroatoms. The van der Waals surface area contributed by atoms with Crippen molar-refractivity contribution < 1.29 is 27.8 Å². The number of ether oxygens (including phenoxy) is 2. The first-order chi connectivity index (χ1) is 13.4. The lowest BCUT2D eigenvalue weighted by Crippen LogP contribution is -2.47. The molecule has 0 spiro atoms. The molecule has 2 N–H and O–H groups in total. The molecule has 0 radical (unpaired) electrons. The minimum Gasteiger partial charge on any atom is -0.494 e. The van der Waals surface area contributed by atoms with Gasteiger partial charge in [0.05, 0.1) is 12.4 Å². The second-order valence-electron chi connectivity index (χ2n) is 5.57. The molecule has 0 aliphatic rings. The number of benzene rings is 2. The quantitative estimate of drug-likeness (QED) is 0.517. The zero-order valence-corrected chi connectivity index (χ0v) is 16.1. The maximum Gasteiger partial charge on any atom is 0.279 e. The maximum atomic E-state index is 13.5. The van der Waals surface area contributed by atoms with Gasteiger partial charge >= 0.3 is 0 Å². The average Bonchev–Trinajstić information content (AvgIpc) is 2.68. The highest BCUT2D eigenvalue weighted by atomic mass is 32.2. The van der Waals surface area contributed by atoms with Crippen LogP contribution in [0.3, 0.4) is 0 Å². The van der Waals surface area contributed by atoms with Gasteiger partial charge in [0.1, 0.15) is 23.1 Å². The highest BCUT2D eigenvalue weighted by Gasteiger charge is 2.16. The molecule has 2 aromatic carbocycles. The van der Waals surface area contributed by atoms with E-state index in [0.717, 1.165) is 30.0 Å². The smallest absolute Gasteiger partial charge is 0.279 e. The van der Waals surface area contributed by atoms with Gasteiger partial charge in [0, 0.05) is 4.90 Å². The summed E-state index contributed by atoms with van der Waals surface area (Å²) < 4.78 is 37.4. The van der Waals surface area contributed by atoms with E-state index in [9.17, 15) is 18.4 Å². The van der Waals surface area contributed by atoms with Crippen LogP contribution in [-0.4, -0.2) is 30.3 Å². The first kappa shape index (κ1) is 21.5. The van der Waals surface area contributed by atoms with Crippen molar-refractivity contribution in [1.82, 2.24) is 10.9 Å². The largest absolute Gasteiger partial charge is 0.494 e. The third-order valence-corrected chi connectivity index (χ3v) is 4.42. The number of rotatable bonds is 8. The highest BCUT2D eigenvalue weighted by Crippen LogP contribution is 2.22. The van der Waals surface area contributed by atoms with E-state index in [4.69, 9.17) is 9.47 Å². The Morgan fingerprint density at radius 1 is 1.07 bits per heavy atom. The monoisotopic (exact) mass is 410 g/mol. The number of carbonyl (C=O) groups is 2. The highest BCUT2D eigenvalue weighted by molar-refractivity contribution is 8.00. The lowest BCUT2D eigenvalue weighted by atomic mass is 10.3. The van der Waals surface area contributed by atoms with Gasteiger partial charge < -0.3 is 9.47 Å². The summed E-state index contributed by atoms with van der Waals surface area (Å²) in [6, 6.07) is 9.73. The van der Waals surface area contributed by atoms with Crippen molar-refractivity contribution >= 4 is 23.6 Å².